The lowest BCUT2D eigenvalue weighted by atomic mass is 9.97. The molecule has 47 heavy (non-hydrogen) atoms. The number of furan rings is 1. The zero-order valence-electron chi connectivity index (χ0n) is 28.6. The lowest BCUT2D eigenvalue weighted by Gasteiger charge is -2.35. The number of carbonyl (C=O) groups excluding carboxylic acids is 1. The number of halogens is 1. The van der Waals surface area contributed by atoms with Gasteiger partial charge < -0.3 is 23.4 Å². The van der Waals surface area contributed by atoms with Gasteiger partial charge in [-0.1, -0.05) is 20.8 Å². The molecule has 1 heterocycles. The number of fused-ring (bicyclic) bond motifs is 1. The van der Waals surface area contributed by atoms with Gasteiger partial charge in [0.1, 0.15) is 17.2 Å². The van der Waals surface area contributed by atoms with E-state index in [2.05, 4.69) is 13.8 Å². The maximum Gasteiger partial charge on any atom is 0.232 e. The van der Waals surface area contributed by atoms with Crippen LogP contribution in [0.5, 0.6) is 0 Å². The van der Waals surface area contributed by atoms with Gasteiger partial charge in [0, 0.05) is 30.0 Å². The summed E-state index contributed by atoms with van der Waals surface area (Å²) in [6.07, 6.45) is 5.07. The zero-order chi connectivity index (χ0) is 34.4. The van der Waals surface area contributed by atoms with Crippen LogP contribution in [-0.4, -0.2) is 79.8 Å². The summed E-state index contributed by atoms with van der Waals surface area (Å²) in [6, 6.07) is 9.38. The highest BCUT2D eigenvalue weighted by atomic mass is 32.2. The minimum absolute atomic E-state index is 0.0603. The Bertz CT molecular complexity index is 1610. The average Bonchev–Trinajstić information content (AvgIpc) is 3.78. The number of anilines is 1. The van der Waals surface area contributed by atoms with Crippen molar-refractivity contribution in [3.8, 4) is 11.3 Å². The van der Waals surface area contributed by atoms with Crippen molar-refractivity contribution in [2.75, 3.05) is 56.7 Å². The van der Waals surface area contributed by atoms with E-state index in [4.69, 9.17) is 18.6 Å². The fourth-order valence-electron chi connectivity index (χ4n) is 5.42. The first-order chi connectivity index (χ1) is 22.1. The van der Waals surface area contributed by atoms with Crippen molar-refractivity contribution in [2.24, 2.45) is 0 Å². The number of Topliss-reactive ketones (excluding diaryl/α,β-unsaturated/α-hetero) is 1. The molecule has 2 aromatic carbocycles. The van der Waals surface area contributed by atoms with Crippen molar-refractivity contribution in [1.82, 2.24) is 0 Å². The molecule has 0 aliphatic heterocycles. The summed E-state index contributed by atoms with van der Waals surface area (Å²) in [6.45, 7) is 12.4. The molecule has 1 N–H and O–H groups in total. The highest BCUT2D eigenvalue weighted by Gasteiger charge is 2.37. The third-order valence-corrected chi connectivity index (χ3v) is 13.9. The Labute approximate surface area is 279 Å². The topological polar surface area (TPSA) is 116 Å². The number of nitrogens with zero attached hydrogens (tertiary/aromatic N) is 1. The third-order valence-electron chi connectivity index (χ3n) is 9.16. The van der Waals surface area contributed by atoms with E-state index >= 15 is 0 Å². The predicted molar refractivity (Wildman–Crippen MR) is 186 cm³/mol. The largest absolute Gasteiger partial charge is 0.455 e. The van der Waals surface area contributed by atoms with E-state index in [9.17, 15) is 22.4 Å². The highest BCUT2D eigenvalue weighted by molar-refractivity contribution is 7.92. The zero-order valence-corrected chi connectivity index (χ0v) is 30.4. The molecule has 1 fully saturated rings. The molecule has 9 nitrogen and oxygen atoms in total. The summed E-state index contributed by atoms with van der Waals surface area (Å²) >= 11 is 0. The van der Waals surface area contributed by atoms with Crippen molar-refractivity contribution in [3.63, 3.8) is 0 Å². The standard InChI is InChI=1S/C35H50FNO8SSi/c1-7-31(38)33-29-23-28(25-9-10-25)30(24-32(29)45-34(33)26-11-13-27(36)14-12-26)37(46(4,39)40)16-18-43-20-22-44-21-19-42-17-8-15-35(2,3)47(5,6)41/h11-14,23-25,41H,7-10,15-22H2,1-6H3. The lowest BCUT2D eigenvalue weighted by molar-refractivity contribution is 0.0151. The van der Waals surface area contributed by atoms with Gasteiger partial charge in [0.15, 0.2) is 14.1 Å². The Morgan fingerprint density at radius 1 is 1.02 bits per heavy atom. The van der Waals surface area contributed by atoms with Gasteiger partial charge in [0.2, 0.25) is 10.0 Å². The Morgan fingerprint density at radius 3 is 2.17 bits per heavy atom. The van der Waals surface area contributed by atoms with Gasteiger partial charge in [-0.25, -0.2) is 12.8 Å². The molecule has 12 heteroatoms. The smallest absolute Gasteiger partial charge is 0.232 e. The summed E-state index contributed by atoms with van der Waals surface area (Å²) in [5, 5.41) is 0.571. The number of benzene rings is 2. The fraction of sp³-hybridized carbons (Fsp3) is 0.571. The van der Waals surface area contributed by atoms with Crippen molar-refractivity contribution in [2.45, 2.75) is 76.9 Å². The second kappa shape index (κ2) is 15.7. The van der Waals surface area contributed by atoms with Crippen LogP contribution >= 0.6 is 0 Å². The SMILES string of the molecule is CCC(=O)c1c(-c2ccc(F)cc2)oc2cc(N(CCOCCOCCOCCCC(C)(C)[Si](C)(C)O)S(C)(=O)=O)c(C3CC3)cc12. The van der Waals surface area contributed by atoms with Crippen LogP contribution in [0.15, 0.2) is 40.8 Å². The molecule has 0 spiro atoms. The van der Waals surface area contributed by atoms with Gasteiger partial charge in [-0.15, -0.1) is 0 Å². The fourth-order valence-corrected chi connectivity index (χ4v) is 7.13. The van der Waals surface area contributed by atoms with Crippen LogP contribution in [0, 0.1) is 5.82 Å². The number of hydrogen-bond acceptors (Lipinski definition) is 8. The van der Waals surface area contributed by atoms with Crippen LogP contribution < -0.4 is 4.31 Å². The van der Waals surface area contributed by atoms with Crippen LogP contribution in [0.2, 0.25) is 18.1 Å². The van der Waals surface area contributed by atoms with Gasteiger partial charge in [-0.3, -0.25) is 9.10 Å². The molecule has 1 aliphatic rings. The van der Waals surface area contributed by atoms with Gasteiger partial charge in [0.05, 0.1) is 57.1 Å². The Kier molecular flexibility index (Phi) is 12.5. The Morgan fingerprint density at radius 2 is 1.62 bits per heavy atom. The summed E-state index contributed by atoms with van der Waals surface area (Å²) in [5.74, 6) is 0.0293. The summed E-state index contributed by atoms with van der Waals surface area (Å²) in [5.41, 5.74) is 2.77. The van der Waals surface area contributed by atoms with E-state index in [0.29, 0.717) is 66.6 Å². The van der Waals surface area contributed by atoms with Gasteiger partial charge in [-0.2, -0.15) is 0 Å². The minimum atomic E-state index is -3.68. The van der Waals surface area contributed by atoms with E-state index < -0.39 is 24.2 Å². The first-order valence-corrected chi connectivity index (χ1v) is 21.3. The van der Waals surface area contributed by atoms with Crippen molar-refractivity contribution in [3.05, 3.63) is 53.3 Å². The van der Waals surface area contributed by atoms with Crippen LogP contribution in [0.25, 0.3) is 22.3 Å². The van der Waals surface area contributed by atoms with Crippen molar-refractivity contribution < 1.29 is 41.0 Å². The Balaban J connectivity index is 1.36. The van der Waals surface area contributed by atoms with Crippen LogP contribution in [0.1, 0.15) is 74.7 Å². The lowest BCUT2D eigenvalue weighted by Crippen LogP contribution is -2.39. The number of ether oxygens (including phenoxy) is 3. The molecule has 0 bridgehead atoms. The number of ketones is 1. The summed E-state index contributed by atoms with van der Waals surface area (Å²) in [7, 11) is -5.89. The maximum absolute atomic E-state index is 13.7. The van der Waals surface area contributed by atoms with Crippen molar-refractivity contribution >= 4 is 40.8 Å². The van der Waals surface area contributed by atoms with E-state index in [1.807, 2.05) is 19.2 Å². The molecule has 1 aliphatic carbocycles. The molecule has 1 aromatic heterocycles. The predicted octanol–water partition coefficient (Wildman–Crippen LogP) is 7.28. The summed E-state index contributed by atoms with van der Waals surface area (Å²) in [4.78, 5) is 23.5. The van der Waals surface area contributed by atoms with E-state index in [1.54, 1.807) is 25.1 Å². The molecule has 1 saturated carbocycles. The Hall–Kier alpha value is -2.61. The van der Waals surface area contributed by atoms with E-state index in [1.165, 1.54) is 22.7 Å². The van der Waals surface area contributed by atoms with Crippen LogP contribution in [0.3, 0.4) is 0 Å². The molecule has 0 radical (unpaired) electrons. The first-order valence-electron chi connectivity index (χ1n) is 16.5. The normalized spacial score (nSPS) is 14.2. The number of rotatable bonds is 20. The van der Waals surface area contributed by atoms with Gasteiger partial charge in [-0.05, 0) is 85.6 Å². The average molecular weight is 692 g/mol. The molecule has 0 atom stereocenters. The third kappa shape index (κ3) is 9.73. The van der Waals surface area contributed by atoms with Gasteiger partial charge >= 0.3 is 0 Å². The molecule has 260 valence electrons. The van der Waals surface area contributed by atoms with E-state index in [0.717, 1.165) is 31.2 Å². The maximum atomic E-state index is 13.7. The molecular formula is C35H50FNO8SSi. The minimum Gasteiger partial charge on any atom is -0.455 e. The second-order valence-corrected chi connectivity index (χ2v) is 19.9. The number of sulfonamides is 1. The summed E-state index contributed by atoms with van der Waals surface area (Å²) < 4.78 is 64.4. The first kappa shape index (κ1) is 37.2. The molecule has 0 amide bonds. The number of carbonyl (C=O) groups is 1. The van der Waals surface area contributed by atoms with Crippen LogP contribution in [-0.2, 0) is 24.2 Å². The quantitative estimate of drug-likeness (QED) is 0.0747. The molecule has 0 saturated heterocycles. The molecule has 3 aromatic rings. The molecule has 0 unspecified atom stereocenters. The monoisotopic (exact) mass is 691 g/mol. The molecule has 4 rings (SSSR count). The highest BCUT2D eigenvalue weighted by Crippen LogP contribution is 2.48. The second-order valence-electron chi connectivity index (χ2n) is 13.5. The van der Waals surface area contributed by atoms with Gasteiger partial charge in [0.25, 0.3) is 0 Å². The van der Waals surface area contributed by atoms with Crippen LogP contribution in [0.4, 0.5) is 10.1 Å². The molecular weight excluding hydrogens is 642 g/mol. The van der Waals surface area contributed by atoms with E-state index in [-0.39, 0.29) is 36.3 Å². The number of hydrogen-bond donors (Lipinski definition) is 1. The van der Waals surface area contributed by atoms with Crippen molar-refractivity contribution in [1.29, 1.82) is 0 Å².